The van der Waals surface area contributed by atoms with Crippen molar-refractivity contribution in [3.8, 4) is 5.88 Å². The number of aromatic nitrogens is 1. The van der Waals surface area contributed by atoms with Gasteiger partial charge in [-0.15, -0.1) is 0 Å². The number of halogens is 3. The van der Waals surface area contributed by atoms with Crippen LogP contribution in [0.15, 0.2) is 46.6 Å². The quantitative estimate of drug-likeness (QED) is 0.431. The molecule has 3 N–H and O–H groups in total. The molecule has 12 heteroatoms. The van der Waals surface area contributed by atoms with E-state index in [1.807, 2.05) is 0 Å². The monoisotopic (exact) mass is 532 g/mol. The lowest BCUT2D eigenvalue weighted by Crippen LogP contribution is -2.24. The normalized spacial score (nSPS) is 13.8. The minimum Gasteiger partial charge on any atom is -0.492 e. The van der Waals surface area contributed by atoms with Gasteiger partial charge in [0.05, 0.1) is 27.6 Å². The molecule has 3 aromatic rings. The van der Waals surface area contributed by atoms with Crippen molar-refractivity contribution < 1.29 is 33.3 Å². The number of rotatable bonds is 7. The summed E-state index contributed by atoms with van der Waals surface area (Å²) in [6, 6.07) is 8.74. The Morgan fingerprint density at radius 2 is 1.86 bits per heavy atom. The summed E-state index contributed by atoms with van der Waals surface area (Å²) in [5.74, 6) is -1.53. The maximum absolute atomic E-state index is 14.1. The molecule has 0 amide bonds. The summed E-state index contributed by atoms with van der Waals surface area (Å²) in [4.78, 5) is 16.7. The van der Waals surface area contributed by atoms with Gasteiger partial charge in [0.25, 0.3) is 0 Å². The Bertz CT molecular complexity index is 1520. The second-order valence-corrected chi connectivity index (χ2v) is 10.1. The van der Waals surface area contributed by atoms with Crippen molar-refractivity contribution in [2.45, 2.75) is 32.0 Å². The molecule has 0 bridgehead atoms. The van der Waals surface area contributed by atoms with E-state index >= 15 is 0 Å². The molecule has 0 radical (unpaired) electrons. The number of likely N-dealkylation sites (N-methyl/N-ethyl adjacent to an activating group) is 1. The van der Waals surface area contributed by atoms with Crippen LogP contribution in [0.4, 0.5) is 18.3 Å². The average Bonchev–Trinajstić information content (AvgIpc) is 3.41. The Morgan fingerprint density at radius 3 is 2.51 bits per heavy atom. The molecular formula is C25H23F3N4O4S. The fourth-order valence-electron chi connectivity index (χ4n) is 3.90. The first-order valence-corrected chi connectivity index (χ1v) is 11.9. The minimum atomic E-state index is -4.70. The Hall–Kier alpha value is -3.77. The molecule has 0 atom stereocenters. The number of nitrogens with zero attached hydrogens (tertiary/aromatic N) is 4. The summed E-state index contributed by atoms with van der Waals surface area (Å²) in [5, 5.41) is 39.2. The maximum atomic E-state index is 14.1. The molecule has 0 saturated carbocycles. The largest absolute Gasteiger partial charge is 0.492 e. The third kappa shape index (κ3) is 5.65. The second kappa shape index (κ2) is 9.60. The fraction of sp³-hybridized carbons (Fsp3) is 0.280. The molecule has 2 heterocycles. The van der Waals surface area contributed by atoms with Crippen LogP contribution < -0.4 is 15.5 Å². The number of carbonyl (C=O) groups is 1. The average molecular weight is 533 g/mol. The van der Waals surface area contributed by atoms with Crippen molar-refractivity contribution in [3.63, 3.8) is 0 Å². The highest BCUT2D eigenvalue weighted by molar-refractivity contribution is 7.17. The number of alkyl halides is 3. The van der Waals surface area contributed by atoms with Crippen LogP contribution in [0.25, 0.3) is 5.57 Å². The molecule has 0 spiro atoms. The van der Waals surface area contributed by atoms with Crippen LogP contribution in [0.5, 0.6) is 5.88 Å². The highest BCUT2D eigenvalue weighted by Gasteiger charge is 2.35. The molecule has 37 heavy (non-hydrogen) atoms. The number of benzene rings is 2. The third-order valence-electron chi connectivity index (χ3n) is 5.80. The highest BCUT2D eigenvalue weighted by atomic mass is 32.1. The minimum absolute atomic E-state index is 0.0670. The van der Waals surface area contributed by atoms with Gasteiger partial charge in [0, 0.05) is 19.0 Å². The zero-order valence-electron chi connectivity index (χ0n) is 20.0. The van der Waals surface area contributed by atoms with Crippen LogP contribution in [0, 0.1) is 0 Å². The SMILES string of the molecule is CN(CC(=O)O)c1nc(O)c(C(Cc2ccc(C(C)(C)O)cc2C(F)(F)F)=c2ccc3c(c2)C=NN=3)s1. The van der Waals surface area contributed by atoms with Gasteiger partial charge in [0.2, 0.25) is 5.88 Å². The number of hydrogen-bond donors (Lipinski definition) is 3. The number of aliphatic carboxylic acids is 1. The summed E-state index contributed by atoms with van der Waals surface area (Å²) in [6.45, 7) is 2.43. The topological polar surface area (TPSA) is 119 Å². The van der Waals surface area contributed by atoms with E-state index in [0.717, 1.165) is 17.4 Å². The van der Waals surface area contributed by atoms with Crippen molar-refractivity contribution >= 4 is 34.2 Å². The van der Waals surface area contributed by atoms with Crippen molar-refractivity contribution in [3.05, 3.63) is 74.1 Å². The molecule has 0 saturated heterocycles. The summed E-state index contributed by atoms with van der Waals surface area (Å²) >= 11 is 0.972. The van der Waals surface area contributed by atoms with Gasteiger partial charge in [-0.05, 0) is 54.0 Å². The smallest absolute Gasteiger partial charge is 0.416 e. The van der Waals surface area contributed by atoms with Crippen molar-refractivity contribution in [1.82, 2.24) is 4.98 Å². The molecular weight excluding hydrogens is 509 g/mol. The number of carboxylic acid groups (broad SMARTS) is 1. The number of aliphatic hydroxyl groups is 1. The van der Waals surface area contributed by atoms with Crippen LogP contribution >= 0.6 is 11.3 Å². The van der Waals surface area contributed by atoms with Gasteiger partial charge in [-0.1, -0.05) is 29.5 Å². The number of carboxylic acids is 1. The molecule has 0 aliphatic carbocycles. The molecule has 1 aliphatic heterocycles. The predicted octanol–water partition coefficient (Wildman–Crippen LogP) is 3.02. The Labute approximate surface area is 213 Å². The van der Waals surface area contributed by atoms with Gasteiger partial charge in [0.15, 0.2) is 5.13 Å². The van der Waals surface area contributed by atoms with Crippen LogP contribution in [0.1, 0.15) is 41.0 Å². The van der Waals surface area contributed by atoms with Gasteiger partial charge < -0.3 is 20.2 Å². The second-order valence-electron chi connectivity index (χ2n) is 9.10. The summed E-state index contributed by atoms with van der Waals surface area (Å²) < 4.78 is 42.4. The summed E-state index contributed by atoms with van der Waals surface area (Å²) in [6.07, 6.45) is -3.41. The van der Waals surface area contributed by atoms with Gasteiger partial charge >= 0.3 is 12.1 Å². The van der Waals surface area contributed by atoms with E-state index in [-0.39, 0.29) is 34.1 Å². The number of aromatic hydroxyl groups is 1. The third-order valence-corrected chi connectivity index (χ3v) is 7.02. The van der Waals surface area contributed by atoms with Gasteiger partial charge in [0.1, 0.15) is 6.54 Å². The standard InChI is InChI=1S/C25H23F3N4O4S/c1-24(2,36)16-6-4-14(18(10-16)25(26,27)28)9-17(13-5-7-19-15(8-13)11-29-31-19)21-22(35)30-23(37-21)32(3)12-20(33)34/h4-8,10-11,35-36H,9,12H2,1-3H3,(H,33,34). The van der Waals surface area contributed by atoms with Gasteiger partial charge in [-0.3, -0.25) is 4.79 Å². The Balaban J connectivity index is 1.92. The van der Waals surface area contributed by atoms with Crippen LogP contribution in [0.2, 0.25) is 0 Å². The molecule has 4 rings (SSSR count). The van der Waals surface area contributed by atoms with Crippen LogP contribution in [-0.2, 0) is 23.0 Å². The molecule has 2 aromatic carbocycles. The fourth-order valence-corrected chi connectivity index (χ4v) is 4.89. The lowest BCUT2D eigenvalue weighted by Gasteiger charge is -2.22. The van der Waals surface area contributed by atoms with Gasteiger partial charge in [-0.2, -0.15) is 28.4 Å². The highest BCUT2D eigenvalue weighted by Crippen LogP contribution is 2.39. The lowest BCUT2D eigenvalue weighted by atomic mass is 9.90. The first kappa shape index (κ1) is 26.3. The van der Waals surface area contributed by atoms with Crippen molar-refractivity contribution in [1.29, 1.82) is 0 Å². The van der Waals surface area contributed by atoms with E-state index in [4.69, 9.17) is 5.11 Å². The first-order chi connectivity index (χ1) is 17.2. The Morgan fingerprint density at radius 1 is 1.14 bits per heavy atom. The van der Waals surface area contributed by atoms with Crippen molar-refractivity contribution in [2.75, 3.05) is 18.5 Å². The van der Waals surface area contributed by atoms with Crippen molar-refractivity contribution in [2.24, 2.45) is 10.2 Å². The predicted molar refractivity (Wildman–Crippen MR) is 132 cm³/mol. The van der Waals surface area contributed by atoms with E-state index in [0.29, 0.717) is 21.7 Å². The number of thiazole rings is 1. The van der Waals surface area contributed by atoms with E-state index in [1.54, 1.807) is 18.2 Å². The number of fused-ring (bicyclic) bond motifs is 1. The zero-order chi connectivity index (χ0) is 27.1. The first-order valence-electron chi connectivity index (χ1n) is 11.0. The molecule has 0 unspecified atom stereocenters. The molecule has 1 aliphatic rings. The van der Waals surface area contributed by atoms with E-state index in [2.05, 4.69) is 15.2 Å². The van der Waals surface area contributed by atoms with Crippen LogP contribution in [0.3, 0.4) is 0 Å². The molecule has 0 fully saturated rings. The van der Waals surface area contributed by atoms with E-state index < -0.39 is 29.2 Å². The summed E-state index contributed by atoms with van der Waals surface area (Å²) in [7, 11) is 1.49. The summed E-state index contributed by atoms with van der Waals surface area (Å²) in [5.41, 5.74) is -1.32. The molecule has 1 aromatic heterocycles. The van der Waals surface area contributed by atoms with E-state index in [1.165, 1.54) is 44.1 Å². The maximum Gasteiger partial charge on any atom is 0.416 e. The van der Waals surface area contributed by atoms with Gasteiger partial charge in [-0.25, -0.2) is 0 Å². The Kier molecular flexibility index (Phi) is 6.82. The van der Waals surface area contributed by atoms with Crippen LogP contribution in [-0.4, -0.2) is 46.1 Å². The molecule has 194 valence electrons. The number of anilines is 1. The number of hydrogen-bond acceptors (Lipinski definition) is 8. The van der Waals surface area contributed by atoms with E-state index in [9.17, 15) is 28.2 Å². The lowest BCUT2D eigenvalue weighted by molar-refractivity contribution is -0.138. The molecule has 8 nitrogen and oxygen atoms in total. The zero-order valence-corrected chi connectivity index (χ0v) is 20.9.